The Labute approximate surface area is 111 Å². The summed E-state index contributed by atoms with van der Waals surface area (Å²) >= 11 is 0. The van der Waals surface area contributed by atoms with E-state index in [9.17, 15) is 0 Å². The molecule has 0 aliphatic carbocycles. The van der Waals surface area contributed by atoms with E-state index in [1.54, 1.807) is 12.1 Å². The lowest BCUT2D eigenvalue weighted by atomic mass is 10.3. The third kappa shape index (κ3) is 3.25. The Morgan fingerprint density at radius 2 is 2.11 bits per heavy atom. The van der Waals surface area contributed by atoms with E-state index in [2.05, 4.69) is 39.1 Å². The van der Waals surface area contributed by atoms with Gasteiger partial charge >= 0.3 is 0 Å². The molecule has 0 N–H and O–H groups in total. The van der Waals surface area contributed by atoms with E-state index in [0.29, 0.717) is 35.9 Å². The van der Waals surface area contributed by atoms with Crippen LogP contribution in [0.2, 0.25) is 0 Å². The summed E-state index contributed by atoms with van der Waals surface area (Å²) in [6.45, 7) is 4.81. The normalized spacial score (nSPS) is 11.3. The summed E-state index contributed by atoms with van der Waals surface area (Å²) in [5.74, 6) is 1.44. The molecule has 0 unspecified atom stereocenters. The van der Waals surface area contributed by atoms with Crippen LogP contribution in [0.5, 0.6) is 5.88 Å². The average Bonchev–Trinajstić information content (AvgIpc) is 2.87. The zero-order chi connectivity index (χ0) is 13.8. The maximum Gasteiger partial charge on any atom is 0.241 e. The van der Waals surface area contributed by atoms with E-state index in [4.69, 9.17) is 9.26 Å². The van der Waals surface area contributed by atoms with Gasteiger partial charge in [-0.25, -0.2) is 0 Å². The van der Waals surface area contributed by atoms with Crippen LogP contribution >= 0.6 is 0 Å². The van der Waals surface area contributed by atoms with Crippen molar-refractivity contribution in [2.24, 2.45) is 0 Å². The van der Waals surface area contributed by atoms with Crippen LogP contribution in [-0.2, 0) is 6.54 Å². The van der Waals surface area contributed by atoms with Crippen LogP contribution in [0.25, 0.3) is 11.5 Å². The molecule has 0 saturated carbocycles. The van der Waals surface area contributed by atoms with Crippen molar-refractivity contribution in [3.8, 4) is 17.4 Å². The zero-order valence-electron chi connectivity index (χ0n) is 11.5. The summed E-state index contributed by atoms with van der Waals surface area (Å²) in [5.41, 5.74) is 0.558. The van der Waals surface area contributed by atoms with Crippen molar-refractivity contribution in [3.63, 3.8) is 0 Å². The third-order valence-corrected chi connectivity index (χ3v) is 2.81. The minimum Gasteiger partial charge on any atom is -0.480 e. The van der Waals surface area contributed by atoms with E-state index < -0.39 is 0 Å². The van der Waals surface area contributed by atoms with Crippen molar-refractivity contribution in [1.29, 1.82) is 0 Å². The Hall–Kier alpha value is -2.02. The third-order valence-electron chi connectivity index (χ3n) is 2.81. The Morgan fingerprint density at radius 3 is 2.68 bits per heavy atom. The first kappa shape index (κ1) is 13.4. The number of hydrogen-bond acceptors (Lipinski definition) is 7. The molecule has 7 heteroatoms. The highest BCUT2D eigenvalue weighted by atomic mass is 16.5. The second-order valence-electron chi connectivity index (χ2n) is 4.48. The predicted octanol–water partition coefficient (Wildman–Crippen LogP) is 1.38. The largest absolute Gasteiger partial charge is 0.480 e. The van der Waals surface area contributed by atoms with Gasteiger partial charge in [-0.1, -0.05) is 5.16 Å². The summed E-state index contributed by atoms with van der Waals surface area (Å²) in [6, 6.07) is 3.86. The van der Waals surface area contributed by atoms with Crippen molar-refractivity contribution >= 4 is 0 Å². The van der Waals surface area contributed by atoms with Crippen molar-refractivity contribution in [2.75, 3.05) is 14.2 Å². The van der Waals surface area contributed by atoms with Crippen LogP contribution in [0.1, 0.15) is 19.7 Å². The molecule has 0 spiro atoms. The number of aromatic nitrogens is 4. The smallest absolute Gasteiger partial charge is 0.241 e. The Kier molecular flexibility index (Phi) is 4.06. The van der Waals surface area contributed by atoms with Crippen LogP contribution in [0.15, 0.2) is 16.7 Å². The molecular weight excluding hydrogens is 246 g/mol. The molecule has 2 rings (SSSR count). The van der Waals surface area contributed by atoms with Crippen LogP contribution in [0.3, 0.4) is 0 Å². The minimum atomic E-state index is 0.413. The van der Waals surface area contributed by atoms with Gasteiger partial charge in [-0.3, -0.25) is 4.90 Å². The van der Waals surface area contributed by atoms with Gasteiger partial charge in [0.05, 0.1) is 13.7 Å². The standard InChI is InChI=1S/C12H17N5O2/c1-8(2)17(3)7-11-13-12(16-19-11)9-5-6-10(18-4)15-14-9/h5-6,8H,7H2,1-4H3. The molecule has 2 aromatic rings. The highest BCUT2D eigenvalue weighted by molar-refractivity contribution is 5.47. The fourth-order valence-corrected chi connectivity index (χ4v) is 1.37. The lowest BCUT2D eigenvalue weighted by Crippen LogP contribution is -2.25. The van der Waals surface area contributed by atoms with Gasteiger partial charge in [0.15, 0.2) is 0 Å². The maximum atomic E-state index is 5.19. The molecule has 7 nitrogen and oxygen atoms in total. The van der Waals surface area contributed by atoms with Crippen molar-refractivity contribution in [2.45, 2.75) is 26.4 Å². The molecule has 0 amide bonds. The number of rotatable bonds is 5. The number of methoxy groups -OCH3 is 1. The Bertz CT molecular complexity index is 523. The molecule has 0 atom stereocenters. The van der Waals surface area contributed by atoms with Gasteiger partial charge in [0.2, 0.25) is 17.6 Å². The van der Waals surface area contributed by atoms with Gasteiger partial charge in [-0.2, -0.15) is 4.98 Å². The highest BCUT2D eigenvalue weighted by Crippen LogP contribution is 2.15. The molecular formula is C12H17N5O2. The molecule has 0 fully saturated rings. The second-order valence-corrected chi connectivity index (χ2v) is 4.48. The van der Waals surface area contributed by atoms with Crippen molar-refractivity contribution < 1.29 is 9.26 Å². The quantitative estimate of drug-likeness (QED) is 0.806. The SMILES string of the molecule is COc1ccc(-c2noc(CN(C)C(C)C)n2)nn1. The average molecular weight is 263 g/mol. The molecule has 0 aromatic carbocycles. The fraction of sp³-hybridized carbons (Fsp3) is 0.500. The number of ether oxygens (including phenoxy) is 1. The topological polar surface area (TPSA) is 77.2 Å². The number of hydrogen-bond donors (Lipinski definition) is 0. The Morgan fingerprint density at radius 1 is 1.32 bits per heavy atom. The lowest BCUT2D eigenvalue weighted by molar-refractivity contribution is 0.226. The highest BCUT2D eigenvalue weighted by Gasteiger charge is 2.13. The predicted molar refractivity (Wildman–Crippen MR) is 68.5 cm³/mol. The summed E-state index contributed by atoms with van der Waals surface area (Å²) in [6.07, 6.45) is 0. The minimum absolute atomic E-state index is 0.413. The number of nitrogens with zero attached hydrogens (tertiary/aromatic N) is 5. The molecule has 0 saturated heterocycles. The van der Waals surface area contributed by atoms with Crippen molar-refractivity contribution in [1.82, 2.24) is 25.2 Å². The lowest BCUT2D eigenvalue weighted by Gasteiger charge is -2.17. The molecule has 102 valence electrons. The van der Waals surface area contributed by atoms with E-state index >= 15 is 0 Å². The monoisotopic (exact) mass is 263 g/mol. The molecule has 2 heterocycles. The van der Waals surface area contributed by atoms with Crippen LogP contribution in [-0.4, -0.2) is 45.4 Å². The van der Waals surface area contributed by atoms with E-state index in [1.165, 1.54) is 7.11 Å². The summed E-state index contributed by atoms with van der Waals surface area (Å²) < 4.78 is 10.1. The molecule has 2 aromatic heterocycles. The van der Waals surface area contributed by atoms with Gasteiger partial charge in [-0.15, -0.1) is 10.2 Å². The fourth-order valence-electron chi connectivity index (χ4n) is 1.37. The van der Waals surface area contributed by atoms with Gasteiger partial charge in [0, 0.05) is 12.1 Å². The summed E-state index contributed by atoms with van der Waals surface area (Å²) in [7, 11) is 3.54. The van der Waals surface area contributed by atoms with Gasteiger partial charge in [0.25, 0.3) is 0 Å². The van der Waals surface area contributed by atoms with Crippen LogP contribution < -0.4 is 4.74 Å². The van der Waals surface area contributed by atoms with Crippen LogP contribution in [0.4, 0.5) is 0 Å². The van der Waals surface area contributed by atoms with Gasteiger partial charge in [-0.05, 0) is 27.0 Å². The molecule has 0 aliphatic heterocycles. The van der Waals surface area contributed by atoms with E-state index in [0.717, 1.165) is 0 Å². The molecule has 0 aliphatic rings. The Balaban J connectivity index is 2.11. The summed E-state index contributed by atoms with van der Waals surface area (Å²) in [4.78, 5) is 6.40. The first-order valence-corrected chi connectivity index (χ1v) is 6.01. The molecule has 0 radical (unpaired) electrons. The second kappa shape index (κ2) is 5.75. The summed E-state index contributed by atoms with van der Waals surface area (Å²) in [5, 5.41) is 11.7. The van der Waals surface area contributed by atoms with E-state index in [-0.39, 0.29) is 0 Å². The zero-order valence-corrected chi connectivity index (χ0v) is 11.5. The first-order valence-electron chi connectivity index (χ1n) is 6.01. The maximum absolute atomic E-state index is 5.19. The first-order chi connectivity index (χ1) is 9.10. The van der Waals surface area contributed by atoms with Crippen LogP contribution in [0, 0.1) is 0 Å². The van der Waals surface area contributed by atoms with Crippen molar-refractivity contribution in [3.05, 3.63) is 18.0 Å². The molecule has 19 heavy (non-hydrogen) atoms. The molecule has 0 bridgehead atoms. The van der Waals surface area contributed by atoms with E-state index in [1.807, 2.05) is 7.05 Å². The van der Waals surface area contributed by atoms with Gasteiger partial charge in [0.1, 0.15) is 5.69 Å². The van der Waals surface area contributed by atoms with Gasteiger partial charge < -0.3 is 9.26 Å².